The largest absolute Gasteiger partial charge is 1.00 e. The number of fused-ring (bicyclic) bond motifs is 2. The van der Waals surface area contributed by atoms with Gasteiger partial charge in [0.2, 0.25) is 0 Å². The summed E-state index contributed by atoms with van der Waals surface area (Å²) in [5, 5.41) is 23.5. The maximum Gasteiger partial charge on any atom is 1.00 e. The van der Waals surface area contributed by atoms with Gasteiger partial charge in [-0.05, 0) is 33.4 Å². The van der Waals surface area contributed by atoms with Gasteiger partial charge in [0.25, 0.3) is 0 Å². The van der Waals surface area contributed by atoms with Crippen molar-refractivity contribution in [2.75, 3.05) is 0 Å². The zero-order valence-electron chi connectivity index (χ0n) is 25.3. The summed E-state index contributed by atoms with van der Waals surface area (Å²) in [6.07, 6.45) is 0. The summed E-state index contributed by atoms with van der Waals surface area (Å²) < 4.78 is 0. The quantitative estimate of drug-likeness (QED) is 0.214. The van der Waals surface area contributed by atoms with Crippen LogP contribution in [-0.2, 0) is 37.5 Å². The summed E-state index contributed by atoms with van der Waals surface area (Å²) in [4.78, 5) is 60.3. The number of hydrogen-bond donors (Lipinski definition) is 0. The number of carboxylic acids is 2. The Kier molecular flexibility index (Phi) is 8.11. The van der Waals surface area contributed by atoms with Gasteiger partial charge >= 0.3 is 71.2 Å². The van der Waals surface area contributed by atoms with E-state index in [1.54, 1.807) is 43.9 Å². The normalized spacial score (nSPS) is 22.1. The number of benzene rings is 4. The van der Waals surface area contributed by atoms with E-state index in [9.17, 15) is 29.4 Å². The smallest absolute Gasteiger partial charge is 0.545 e. The number of carbonyl (C=O) groups excluding carboxylic acids is 4. The van der Waals surface area contributed by atoms with E-state index in [1.165, 1.54) is 24.3 Å². The Hall–Kier alpha value is -3.64. The minimum atomic E-state index is -1.48. The van der Waals surface area contributed by atoms with Crippen molar-refractivity contribution >= 4 is 24.0 Å². The summed E-state index contributed by atoms with van der Waals surface area (Å²) in [5.74, 6) is -2.68. The number of hydrogen-bond acceptors (Lipinski definition) is 6. The average molecular weight is 631 g/mol. The number of amides is 4. The molecule has 4 aliphatic heterocycles. The van der Waals surface area contributed by atoms with Crippen LogP contribution in [0, 0.1) is 0 Å². The van der Waals surface area contributed by atoms with Gasteiger partial charge in [0.15, 0.2) is 11.3 Å². The molecule has 4 aliphatic rings. The van der Waals surface area contributed by atoms with Crippen LogP contribution in [0.3, 0.4) is 0 Å². The molecule has 0 bridgehead atoms. The third-order valence-corrected chi connectivity index (χ3v) is 9.57. The van der Waals surface area contributed by atoms with Gasteiger partial charge in [-0.1, -0.05) is 97.1 Å². The predicted octanol–water partition coefficient (Wildman–Crippen LogP) is -3.67. The van der Waals surface area contributed by atoms with E-state index < -0.39 is 23.3 Å². The monoisotopic (exact) mass is 630 g/mol. The molecule has 8 rings (SSSR count). The Balaban J connectivity index is 0.00000186. The minimum Gasteiger partial charge on any atom is -0.545 e. The van der Waals surface area contributed by atoms with Gasteiger partial charge in [-0.15, -0.1) is 0 Å². The van der Waals surface area contributed by atoms with E-state index in [4.69, 9.17) is 0 Å². The van der Waals surface area contributed by atoms with Crippen molar-refractivity contribution in [1.29, 1.82) is 0 Å². The molecule has 0 unspecified atom stereocenters. The van der Waals surface area contributed by atoms with Crippen LogP contribution in [0.1, 0.15) is 54.1 Å². The molecule has 4 amide bonds. The first-order valence-electron chi connectivity index (χ1n) is 14.2. The molecule has 10 nitrogen and oxygen atoms in total. The molecule has 2 saturated heterocycles. The molecule has 0 spiro atoms. The van der Waals surface area contributed by atoms with E-state index >= 15 is 0 Å². The molecule has 46 heavy (non-hydrogen) atoms. The molecular formula is C34H24N4Na2O6. The second kappa shape index (κ2) is 11.6. The number of carboxylic acid groups (broad SMARTS) is 2. The molecule has 0 aromatic heterocycles. The fraction of sp³-hybridized carbons (Fsp3) is 0.176. The third-order valence-electron chi connectivity index (χ3n) is 9.57. The standard InChI is InChI=1S/C34H26N4O6.2Na/c39-29(40)21-9-13-27(14-10-21)33-34(28-15-11-22(12-16-28)30(41)42)37-19-25-7-3-4-8-26(25)20-38(34)32(44)36(33)18-24-6-2-1-5-23(24)17-35(33)31(37)43;;/h1-16H,17-20H2,(H,39,40)(H,41,42);;/q;2*+1/p-2. The van der Waals surface area contributed by atoms with Crippen molar-refractivity contribution in [3.63, 3.8) is 0 Å². The zero-order valence-corrected chi connectivity index (χ0v) is 29.3. The Morgan fingerprint density at radius 3 is 0.978 bits per heavy atom. The van der Waals surface area contributed by atoms with Crippen LogP contribution in [-0.4, -0.2) is 43.6 Å². The van der Waals surface area contributed by atoms with E-state index in [1.807, 2.05) is 48.5 Å². The first-order valence-corrected chi connectivity index (χ1v) is 14.2. The minimum absolute atomic E-state index is 0. The van der Waals surface area contributed by atoms with E-state index in [0.717, 1.165) is 22.3 Å². The summed E-state index contributed by atoms with van der Waals surface area (Å²) in [5.41, 5.74) is 1.61. The summed E-state index contributed by atoms with van der Waals surface area (Å²) in [7, 11) is 0. The van der Waals surface area contributed by atoms with Crippen LogP contribution in [0.5, 0.6) is 0 Å². The van der Waals surface area contributed by atoms with Gasteiger partial charge in [0.1, 0.15) is 0 Å². The Morgan fingerprint density at radius 2 is 0.739 bits per heavy atom. The number of carbonyl (C=O) groups is 4. The van der Waals surface area contributed by atoms with E-state index in [0.29, 0.717) is 11.1 Å². The van der Waals surface area contributed by atoms with Gasteiger partial charge in [0, 0.05) is 11.1 Å². The van der Waals surface area contributed by atoms with Crippen molar-refractivity contribution in [2.45, 2.75) is 37.5 Å². The predicted molar refractivity (Wildman–Crippen MR) is 151 cm³/mol. The van der Waals surface area contributed by atoms with E-state index in [2.05, 4.69) is 0 Å². The van der Waals surface area contributed by atoms with Crippen LogP contribution in [0.2, 0.25) is 0 Å². The second-order valence-electron chi connectivity index (χ2n) is 11.5. The van der Waals surface area contributed by atoms with Crippen LogP contribution in [0.4, 0.5) is 9.59 Å². The first-order chi connectivity index (χ1) is 21.3. The molecule has 218 valence electrons. The Morgan fingerprint density at radius 1 is 0.478 bits per heavy atom. The molecule has 0 aliphatic carbocycles. The number of nitrogens with zero attached hydrogens (tertiary/aromatic N) is 4. The maximum atomic E-state index is 15.0. The number of rotatable bonds is 4. The topological polar surface area (TPSA) is 127 Å². The molecule has 4 aromatic rings. The summed E-state index contributed by atoms with van der Waals surface area (Å²) in [6, 6.07) is 27.0. The van der Waals surface area contributed by atoms with E-state index in [-0.39, 0.29) is 108 Å². The zero-order chi connectivity index (χ0) is 30.4. The molecule has 0 radical (unpaired) electrons. The van der Waals surface area contributed by atoms with Crippen LogP contribution < -0.4 is 69.3 Å². The summed E-state index contributed by atoms with van der Waals surface area (Å²) >= 11 is 0. The first kappa shape index (κ1) is 32.3. The average Bonchev–Trinajstić information content (AvgIpc) is 3.20. The van der Waals surface area contributed by atoms with Gasteiger partial charge in [0.05, 0.1) is 38.1 Å². The van der Waals surface area contributed by atoms with Gasteiger partial charge in [-0.3, -0.25) is 19.6 Å². The molecule has 0 atom stereocenters. The van der Waals surface area contributed by atoms with Gasteiger partial charge < -0.3 is 19.8 Å². The van der Waals surface area contributed by atoms with Crippen LogP contribution in [0.15, 0.2) is 97.1 Å². The van der Waals surface area contributed by atoms with Crippen molar-refractivity contribution in [2.24, 2.45) is 0 Å². The molecule has 0 saturated carbocycles. The molecule has 0 N–H and O–H groups in total. The molecular weight excluding hydrogens is 606 g/mol. The van der Waals surface area contributed by atoms with Gasteiger partial charge in [-0.25, -0.2) is 9.59 Å². The van der Waals surface area contributed by atoms with Gasteiger partial charge in [-0.2, -0.15) is 0 Å². The van der Waals surface area contributed by atoms with Crippen molar-refractivity contribution in [1.82, 2.24) is 19.6 Å². The molecule has 12 heteroatoms. The maximum absolute atomic E-state index is 15.0. The second-order valence-corrected chi connectivity index (χ2v) is 11.5. The number of urea groups is 2. The third kappa shape index (κ3) is 4.11. The SMILES string of the molecule is O=C([O-])c1ccc(C23N4Cc5ccccc5CN2C(=O)N2Cc5ccccc5CN(C4=O)C23c2ccc(C(=O)[O-])cc2)cc1.[Na+].[Na+]. The summed E-state index contributed by atoms with van der Waals surface area (Å²) in [6.45, 7) is 0.746. The fourth-order valence-electron chi connectivity index (χ4n) is 7.73. The van der Waals surface area contributed by atoms with Crippen molar-refractivity contribution < 1.29 is 88.5 Å². The molecule has 2 fully saturated rings. The van der Waals surface area contributed by atoms with Crippen molar-refractivity contribution in [3.05, 3.63) is 142 Å². The van der Waals surface area contributed by atoms with Crippen LogP contribution in [0.25, 0.3) is 0 Å². The Bertz CT molecular complexity index is 1710. The fourth-order valence-corrected chi connectivity index (χ4v) is 7.73. The van der Waals surface area contributed by atoms with Crippen molar-refractivity contribution in [3.8, 4) is 0 Å². The Labute approximate surface area is 308 Å². The van der Waals surface area contributed by atoms with Crippen LogP contribution >= 0.6 is 0 Å². The molecule has 4 heterocycles. The number of aromatic carboxylic acids is 2. The molecule has 4 aromatic carbocycles.